The van der Waals surface area contributed by atoms with E-state index in [1.165, 1.54) is 30.4 Å². The van der Waals surface area contributed by atoms with Crippen LogP contribution in [0.3, 0.4) is 0 Å². The smallest absolute Gasteiger partial charge is 0.223 e. The molecule has 2 fully saturated rings. The Labute approximate surface area is 165 Å². The fourth-order valence-electron chi connectivity index (χ4n) is 4.66. The number of likely N-dealkylation sites (tertiary alicyclic amines) is 1. The van der Waals surface area contributed by atoms with Crippen LogP contribution in [0.2, 0.25) is 0 Å². The Hall–Kier alpha value is -1.06. The highest BCUT2D eigenvalue weighted by atomic mass is 35.5. The Morgan fingerprint density at radius 2 is 1.96 bits per heavy atom. The van der Waals surface area contributed by atoms with E-state index >= 15 is 0 Å². The van der Waals surface area contributed by atoms with Gasteiger partial charge in [0.05, 0.1) is 6.04 Å². The van der Waals surface area contributed by atoms with E-state index in [9.17, 15) is 4.79 Å². The molecule has 1 aromatic carbocycles. The average Bonchev–Trinajstić information content (AvgIpc) is 2.63. The summed E-state index contributed by atoms with van der Waals surface area (Å²) in [7, 11) is 0. The van der Waals surface area contributed by atoms with Crippen molar-refractivity contribution in [3.63, 3.8) is 0 Å². The van der Waals surface area contributed by atoms with Crippen LogP contribution in [0, 0.1) is 24.7 Å². The van der Waals surface area contributed by atoms with Crippen molar-refractivity contribution in [2.45, 2.75) is 58.9 Å². The number of benzene rings is 1. The number of hydrogen-bond donors (Lipinski definition) is 1. The molecule has 0 spiro atoms. The Bertz CT molecular complexity index is 568. The van der Waals surface area contributed by atoms with Gasteiger partial charge in [0, 0.05) is 13.0 Å². The van der Waals surface area contributed by atoms with E-state index in [1.807, 2.05) is 0 Å². The zero-order valence-corrected chi connectivity index (χ0v) is 17.4. The highest BCUT2D eigenvalue weighted by molar-refractivity contribution is 5.85. The predicted molar refractivity (Wildman–Crippen MR) is 111 cm³/mol. The lowest BCUT2D eigenvalue weighted by Crippen LogP contribution is -2.43. The van der Waals surface area contributed by atoms with Crippen LogP contribution in [0.25, 0.3) is 0 Å². The van der Waals surface area contributed by atoms with Crippen molar-refractivity contribution in [1.82, 2.24) is 10.2 Å². The standard InChI is InChI=1S/C22H34N2O.ClH/c1-16-8-10-19(11-9-16)22-17(2)6-5-13-24(22)21(25)14-18(3)20-7-4-12-23-15-20;/h8-11,17-18,20,22-23H,4-7,12-15H2,1-3H3;1H. The monoisotopic (exact) mass is 378 g/mol. The number of carbonyl (C=O) groups excluding carboxylic acids is 1. The van der Waals surface area contributed by atoms with Crippen LogP contribution in [0.4, 0.5) is 0 Å². The van der Waals surface area contributed by atoms with Gasteiger partial charge < -0.3 is 10.2 Å². The highest BCUT2D eigenvalue weighted by Crippen LogP contribution is 2.37. The van der Waals surface area contributed by atoms with Gasteiger partial charge in [0.15, 0.2) is 0 Å². The molecule has 4 unspecified atom stereocenters. The van der Waals surface area contributed by atoms with Gasteiger partial charge in [-0.05, 0) is 69.0 Å². The number of piperidine rings is 2. The van der Waals surface area contributed by atoms with Gasteiger partial charge in [-0.25, -0.2) is 0 Å². The van der Waals surface area contributed by atoms with Crippen LogP contribution in [-0.2, 0) is 4.79 Å². The maximum absolute atomic E-state index is 13.2. The summed E-state index contributed by atoms with van der Waals surface area (Å²) in [6, 6.07) is 9.04. The van der Waals surface area contributed by atoms with E-state index in [2.05, 4.69) is 55.3 Å². The summed E-state index contributed by atoms with van der Waals surface area (Å²) >= 11 is 0. The van der Waals surface area contributed by atoms with Crippen molar-refractivity contribution in [2.24, 2.45) is 17.8 Å². The number of carbonyl (C=O) groups is 1. The Balaban J connectivity index is 0.00000243. The Morgan fingerprint density at radius 3 is 2.62 bits per heavy atom. The molecule has 146 valence electrons. The summed E-state index contributed by atoms with van der Waals surface area (Å²) in [6.45, 7) is 9.82. The highest BCUT2D eigenvalue weighted by Gasteiger charge is 2.34. The third-order valence-corrected chi connectivity index (χ3v) is 6.31. The maximum atomic E-state index is 13.2. The van der Waals surface area contributed by atoms with Crippen molar-refractivity contribution < 1.29 is 4.79 Å². The lowest BCUT2D eigenvalue weighted by molar-refractivity contribution is -0.138. The largest absolute Gasteiger partial charge is 0.335 e. The van der Waals surface area contributed by atoms with Gasteiger partial charge >= 0.3 is 0 Å². The molecule has 2 aliphatic rings. The zero-order valence-electron chi connectivity index (χ0n) is 16.5. The predicted octanol–water partition coefficient (Wildman–Crippen LogP) is 4.74. The molecule has 2 saturated heterocycles. The normalized spacial score (nSPS) is 27.5. The second-order valence-electron chi connectivity index (χ2n) is 8.35. The zero-order chi connectivity index (χ0) is 17.8. The molecule has 2 heterocycles. The van der Waals surface area contributed by atoms with Gasteiger partial charge in [-0.2, -0.15) is 0 Å². The molecular formula is C22H35ClN2O. The van der Waals surface area contributed by atoms with Crippen LogP contribution in [0.1, 0.15) is 63.1 Å². The fourth-order valence-corrected chi connectivity index (χ4v) is 4.66. The first-order chi connectivity index (χ1) is 12.1. The summed E-state index contributed by atoms with van der Waals surface area (Å²) < 4.78 is 0. The van der Waals surface area contributed by atoms with Crippen LogP contribution in [-0.4, -0.2) is 30.4 Å². The Kier molecular flexibility index (Phi) is 7.97. The van der Waals surface area contributed by atoms with Gasteiger partial charge in [-0.1, -0.05) is 43.7 Å². The van der Waals surface area contributed by atoms with Crippen LogP contribution < -0.4 is 5.32 Å². The molecule has 3 rings (SSSR count). The first kappa shape index (κ1) is 21.2. The molecule has 26 heavy (non-hydrogen) atoms. The summed E-state index contributed by atoms with van der Waals surface area (Å²) in [5.74, 6) is 2.01. The van der Waals surface area contributed by atoms with E-state index in [1.54, 1.807) is 0 Å². The number of nitrogens with one attached hydrogen (secondary N) is 1. The quantitative estimate of drug-likeness (QED) is 0.820. The summed E-state index contributed by atoms with van der Waals surface area (Å²) in [5.41, 5.74) is 2.58. The molecule has 0 saturated carbocycles. The summed E-state index contributed by atoms with van der Waals surface area (Å²) in [5, 5.41) is 3.49. The van der Waals surface area contributed by atoms with E-state index in [0.29, 0.717) is 30.1 Å². The van der Waals surface area contributed by atoms with Gasteiger partial charge in [0.25, 0.3) is 0 Å². The molecule has 0 aromatic heterocycles. The van der Waals surface area contributed by atoms with Crippen molar-refractivity contribution in [1.29, 1.82) is 0 Å². The molecule has 3 nitrogen and oxygen atoms in total. The first-order valence-electron chi connectivity index (χ1n) is 10.1. The maximum Gasteiger partial charge on any atom is 0.223 e. The molecule has 0 aliphatic carbocycles. The third-order valence-electron chi connectivity index (χ3n) is 6.31. The minimum absolute atomic E-state index is 0. The van der Waals surface area contributed by atoms with E-state index in [0.717, 1.165) is 26.1 Å². The number of amides is 1. The first-order valence-corrected chi connectivity index (χ1v) is 10.1. The van der Waals surface area contributed by atoms with E-state index < -0.39 is 0 Å². The summed E-state index contributed by atoms with van der Waals surface area (Å²) in [6.07, 6.45) is 5.55. The van der Waals surface area contributed by atoms with Crippen LogP contribution in [0.15, 0.2) is 24.3 Å². The molecule has 0 radical (unpaired) electrons. The SMILES string of the molecule is Cc1ccc(C2C(C)CCCN2C(=O)CC(C)C2CCCNC2)cc1.Cl. The second-order valence-corrected chi connectivity index (χ2v) is 8.35. The molecule has 1 amide bonds. The van der Waals surface area contributed by atoms with Gasteiger partial charge in [-0.15, -0.1) is 12.4 Å². The van der Waals surface area contributed by atoms with Crippen LogP contribution >= 0.6 is 12.4 Å². The van der Waals surface area contributed by atoms with Gasteiger partial charge in [0.1, 0.15) is 0 Å². The van der Waals surface area contributed by atoms with Crippen molar-refractivity contribution in [3.8, 4) is 0 Å². The molecule has 1 N–H and O–H groups in total. The topological polar surface area (TPSA) is 32.3 Å². The molecule has 1 aromatic rings. The molecule has 2 aliphatic heterocycles. The van der Waals surface area contributed by atoms with Crippen molar-refractivity contribution in [3.05, 3.63) is 35.4 Å². The lowest BCUT2D eigenvalue weighted by Gasteiger charge is -2.41. The van der Waals surface area contributed by atoms with E-state index in [-0.39, 0.29) is 18.4 Å². The molecule has 4 atom stereocenters. The minimum Gasteiger partial charge on any atom is -0.335 e. The number of nitrogens with zero attached hydrogens (tertiary/aromatic N) is 1. The number of aryl methyl sites for hydroxylation is 1. The van der Waals surface area contributed by atoms with Crippen molar-refractivity contribution >= 4 is 18.3 Å². The minimum atomic E-state index is 0. The lowest BCUT2D eigenvalue weighted by atomic mass is 9.83. The molecule has 4 heteroatoms. The second kappa shape index (κ2) is 9.75. The number of rotatable bonds is 4. The van der Waals surface area contributed by atoms with Crippen LogP contribution in [0.5, 0.6) is 0 Å². The van der Waals surface area contributed by atoms with Crippen molar-refractivity contribution in [2.75, 3.05) is 19.6 Å². The average molecular weight is 379 g/mol. The summed E-state index contributed by atoms with van der Waals surface area (Å²) in [4.78, 5) is 15.3. The van der Waals surface area contributed by atoms with E-state index in [4.69, 9.17) is 0 Å². The molecule has 0 bridgehead atoms. The third kappa shape index (κ3) is 5.01. The fraction of sp³-hybridized carbons (Fsp3) is 0.682. The van der Waals surface area contributed by atoms with Gasteiger partial charge in [-0.3, -0.25) is 4.79 Å². The Morgan fingerprint density at radius 1 is 1.23 bits per heavy atom. The van der Waals surface area contributed by atoms with Gasteiger partial charge in [0.2, 0.25) is 5.91 Å². The number of hydrogen-bond acceptors (Lipinski definition) is 2. The number of halogens is 1. The molecular weight excluding hydrogens is 344 g/mol.